The van der Waals surface area contributed by atoms with Crippen LogP contribution in [0, 0.1) is 0 Å². The number of ether oxygens (including phenoxy) is 4. The van der Waals surface area contributed by atoms with Crippen LogP contribution in [-0.4, -0.2) is 49.1 Å². The number of carbonyl (C=O) groups is 2. The third kappa shape index (κ3) is 11.7. The summed E-state index contributed by atoms with van der Waals surface area (Å²) in [5.41, 5.74) is -0.597. The third-order valence-electron chi connectivity index (χ3n) is 8.78. The van der Waals surface area contributed by atoms with Gasteiger partial charge in [-0.2, -0.15) is 26.3 Å². The zero-order valence-electron chi connectivity index (χ0n) is 29.5. The molecule has 0 aliphatic carbocycles. The normalized spacial score (nSPS) is 16.9. The number of amides is 3. The van der Waals surface area contributed by atoms with E-state index in [4.69, 9.17) is 18.9 Å². The Kier molecular flexibility index (Phi) is 12.8. The molecule has 0 bridgehead atoms. The lowest BCUT2D eigenvalue weighted by molar-refractivity contribution is -0.180. The SMILES string of the molecule is CC1(C)OCc2cc(C3CN(CCCCCCOCCCCc4cccc(NC(=O)Nc5cc(C(F)(F)F)cc(C(F)(F)F)c5)c4)C(=O)O3)ccc2O1. The summed E-state index contributed by atoms with van der Waals surface area (Å²) in [6, 6.07) is 12.5. The van der Waals surface area contributed by atoms with E-state index < -0.39 is 41.0 Å². The minimum absolute atomic E-state index is 0.00407. The number of unbranched alkanes of at least 4 members (excludes halogenated alkanes) is 4. The van der Waals surface area contributed by atoms with Crippen molar-refractivity contribution in [3.05, 3.63) is 88.5 Å². The Bertz CT molecular complexity index is 1700. The van der Waals surface area contributed by atoms with Crippen LogP contribution in [0.2, 0.25) is 0 Å². The molecule has 1 fully saturated rings. The molecule has 53 heavy (non-hydrogen) atoms. The van der Waals surface area contributed by atoms with Crippen LogP contribution in [0.5, 0.6) is 5.75 Å². The Morgan fingerprint density at radius 3 is 2.25 bits per heavy atom. The van der Waals surface area contributed by atoms with E-state index in [9.17, 15) is 35.9 Å². The summed E-state index contributed by atoms with van der Waals surface area (Å²) >= 11 is 0. The molecule has 3 aromatic carbocycles. The van der Waals surface area contributed by atoms with Crippen LogP contribution in [-0.2, 0) is 39.6 Å². The van der Waals surface area contributed by atoms with Crippen molar-refractivity contribution in [1.82, 2.24) is 4.90 Å². The fourth-order valence-electron chi connectivity index (χ4n) is 6.04. The van der Waals surface area contributed by atoms with E-state index in [1.807, 2.05) is 38.1 Å². The number of nitrogens with zero attached hydrogens (tertiary/aromatic N) is 1. The lowest BCUT2D eigenvalue weighted by Gasteiger charge is -2.32. The van der Waals surface area contributed by atoms with Crippen molar-refractivity contribution in [2.45, 2.75) is 89.6 Å². The van der Waals surface area contributed by atoms with Gasteiger partial charge in [0, 0.05) is 50.5 Å². The number of rotatable bonds is 15. The fourth-order valence-corrected chi connectivity index (χ4v) is 6.04. The van der Waals surface area contributed by atoms with Crippen molar-refractivity contribution in [1.29, 1.82) is 0 Å². The highest BCUT2D eigenvalue weighted by Crippen LogP contribution is 2.38. The highest BCUT2D eigenvalue weighted by molar-refractivity contribution is 5.99. The summed E-state index contributed by atoms with van der Waals surface area (Å²) in [6.45, 7) is 6.50. The van der Waals surface area contributed by atoms with Gasteiger partial charge in [0.25, 0.3) is 0 Å². The van der Waals surface area contributed by atoms with E-state index in [2.05, 4.69) is 10.6 Å². The van der Waals surface area contributed by atoms with Gasteiger partial charge in [-0.3, -0.25) is 0 Å². The minimum Gasteiger partial charge on any atom is -0.463 e. The smallest absolute Gasteiger partial charge is 0.416 e. The van der Waals surface area contributed by atoms with Gasteiger partial charge in [0.2, 0.25) is 5.79 Å². The van der Waals surface area contributed by atoms with Crippen LogP contribution < -0.4 is 15.4 Å². The van der Waals surface area contributed by atoms with E-state index >= 15 is 0 Å². The number of urea groups is 1. The molecule has 15 heteroatoms. The molecule has 3 amide bonds. The Morgan fingerprint density at radius 1 is 0.849 bits per heavy atom. The first-order chi connectivity index (χ1) is 25.1. The molecule has 1 atom stereocenters. The first-order valence-electron chi connectivity index (χ1n) is 17.5. The molecule has 3 aromatic rings. The molecule has 2 aliphatic rings. The van der Waals surface area contributed by atoms with Crippen LogP contribution in [0.25, 0.3) is 0 Å². The molecule has 2 heterocycles. The Morgan fingerprint density at radius 2 is 1.53 bits per heavy atom. The molecule has 2 aliphatic heterocycles. The Labute approximate surface area is 303 Å². The van der Waals surface area contributed by atoms with Gasteiger partial charge in [0.05, 0.1) is 24.3 Å². The van der Waals surface area contributed by atoms with Crippen LogP contribution in [0.15, 0.2) is 60.7 Å². The van der Waals surface area contributed by atoms with Gasteiger partial charge in [0.1, 0.15) is 11.9 Å². The van der Waals surface area contributed by atoms with Crippen molar-refractivity contribution >= 4 is 23.5 Å². The van der Waals surface area contributed by atoms with E-state index in [1.54, 1.807) is 23.1 Å². The van der Waals surface area contributed by atoms with Crippen molar-refractivity contribution in [2.75, 3.05) is 36.9 Å². The molecule has 0 saturated carbocycles. The minimum atomic E-state index is -5.03. The van der Waals surface area contributed by atoms with Crippen LogP contribution in [0.3, 0.4) is 0 Å². The first kappa shape index (κ1) is 39.7. The molecule has 5 rings (SSSR count). The molecule has 0 radical (unpaired) electrons. The number of fused-ring (bicyclic) bond motifs is 1. The molecular formula is C38H43F6N3O6. The molecule has 0 spiro atoms. The second kappa shape index (κ2) is 17.1. The average Bonchev–Trinajstić information content (AvgIpc) is 3.45. The van der Waals surface area contributed by atoms with Gasteiger partial charge in [-0.1, -0.05) is 31.0 Å². The number of benzene rings is 3. The number of cyclic esters (lactones) is 1. The van der Waals surface area contributed by atoms with Gasteiger partial charge in [-0.15, -0.1) is 0 Å². The van der Waals surface area contributed by atoms with Crippen LogP contribution in [0.1, 0.15) is 86.3 Å². The number of halogens is 6. The van der Waals surface area contributed by atoms with Gasteiger partial charge in [-0.05, 0) is 85.7 Å². The molecule has 288 valence electrons. The third-order valence-corrected chi connectivity index (χ3v) is 8.78. The lowest BCUT2D eigenvalue weighted by Crippen LogP contribution is -2.35. The quantitative estimate of drug-likeness (QED) is 0.119. The number of aryl methyl sites for hydroxylation is 1. The summed E-state index contributed by atoms with van der Waals surface area (Å²) in [7, 11) is 0. The fraction of sp³-hybridized carbons (Fsp3) is 0.474. The van der Waals surface area contributed by atoms with Crippen molar-refractivity contribution in [2.24, 2.45) is 0 Å². The monoisotopic (exact) mass is 751 g/mol. The Balaban J connectivity index is 0.926. The van der Waals surface area contributed by atoms with Crippen molar-refractivity contribution < 1.29 is 54.9 Å². The first-order valence-corrected chi connectivity index (χ1v) is 17.5. The summed E-state index contributed by atoms with van der Waals surface area (Å²) in [5, 5.41) is 4.51. The van der Waals surface area contributed by atoms with Gasteiger partial charge < -0.3 is 34.5 Å². The number of alkyl halides is 6. The van der Waals surface area contributed by atoms with Gasteiger partial charge in [0.15, 0.2) is 0 Å². The van der Waals surface area contributed by atoms with Crippen molar-refractivity contribution in [3.63, 3.8) is 0 Å². The van der Waals surface area contributed by atoms with Gasteiger partial charge >= 0.3 is 24.5 Å². The lowest BCUT2D eigenvalue weighted by atomic mass is 10.0. The largest absolute Gasteiger partial charge is 0.463 e. The topological polar surface area (TPSA) is 98.4 Å². The number of carbonyl (C=O) groups excluding carboxylic acids is 2. The molecule has 0 aromatic heterocycles. The van der Waals surface area contributed by atoms with E-state index in [-0.39, 0.29) is 18.3 Å². The predicted molar refractivity (Wildman–Crippen MR) is 184 cm³/mol. The zero-order chi connectivity index (χ0) is 38.2. The molecule has 1 unspecified atom stereocenters. The Hall–Kier alpha value is -4.50. The standard InChI is InChI=1S/C38H43F6N3O6/c1-36(2)51-24-27-19-26(13-14-32(27)53-36)33-23-47(35(49)52-33)15-6-3-4-7-16-50-17-8-5-10-25-11-9-12-30(18-25)45-34(48)46-31-21-28(37(39,40)41)20-29(22-31)38(42,43)44/h9,11-14,18-22,33H,3-8,10,15-17,23-24H2,1-2H3,(H2,45,46,48). The molecule has 9 nitrogen and oxygen atoms in total. The van der Waals surface area contributed by atoms with E-state index in [1.165, 1.54) is 0 Å². The number of nitrogens with one attached hydrogen (secondary N) is 2. The zero-order valence-corrected chi connectivity index (χ0v) is 29.5. The molecule has 2 N–H and O–H groups in total. The van der Waals surface area contributed by atoms with Crippen LogP contribution in [0.4, 0.5) is 47.3 Å². The maximum Gasteiger partial charge on any atom is 0.416 e. The maximum absolute atomic E-state index is 13.1. The van der Waals surface area contributed by atoms with Crippen LogP contribution >= 0.6 is 0 Å². The number of hydrogen-bond donors (Lipinski definition) is 2. The summed E-state index contributed by atoms with van der Waals surface area (Å²) in [5.74, 6) is 0.108. The molecule has 1 saturated heterocycles. The maximum atomic E-state index is 13.1. The molecular weight excluding hydrogens is 708 g/mol. The average molecular weight is 752 g/mol. The highest BCUT2D eigenvalue weighted by Gasteiger charge is 2.37. The van der Waals surface area contributed by atoms with Crippen molar-refractivity contribution in [3.8, 4) is 5.75 Å². The predicted octanol–water partition coefficient (Wildman–Crippen LogP) is 10.1. The second-order valence-electron chi connectivity index (χ2n) is 13.5. The number of hydrogen-bond acceptors (Lipinski definition) is 6. The van der Waals surface area contributed by atoms with Gasteiger partial charge in [-0.25, -0.2) is 9.59 Å². The highest BCUT2D eigenvalue weighted by atomic mass is 19.4. The second-order valence-corrected chi connectivity index (χ2v) is 13.5. The van der Waals surface area contributed by atoms with E-state index in [0.717, 1.165) is 61.0 Å². The number of anilines is 2. The van der Waals surface area contributed by atoms with E-state index in [0.29, 0.717) is 57.2 Å². The summed E-state index contributed by atoms with van der Waals surface area (Å²) < 4.78 is 102. The summed E-state index contributed by atoms with van der Waals surface area (Å²) in [4.78, 5) is 26.6. The summed E-state index contributed by atoms with van der Waals surface area (Å²) in [6.07, 6.45) is -4.71.